The molecule has 2 aromatic rings. The first-order valence-corrected chi connectivity index (χ1v) is 7.99. The second-order valence-corrected chi connectivity index (χ2v) is 6.31. The van der Waals surface area contributed by atoms with E-state index in [1.165, 1.54) is 0 Å². The normalized spacial score (nSPS) is 17.6. The van der Waals surface area contributed by atoms with Gasteiger partial charge in [-0.05, 0) is 51.8 Å². The zero-order valence-corrected chi connectivity index (χ0v) is 15.0. The highest BCUT2D eigenvalue weighted by atomic mass is 35.5. The number of benzene rings is 1. The second kappa shape index (κ2) is 6.93. The van der Waals surface area contributed by atoms with E-state index in [9.17, 15) is 4.79 Å². The second-order valence-electron chi connectivity index (χ2n) is 6.31. The Kier molecular flexibility index (Phi) is 5.37. The third-order valence-corrected chi connectivity index (χ3v) is 4.75. The van der Waals surface area contributed by atoms with Crippen molar-refractivity contribution in [3.8, 4) is 0 Å². The molecule has 1 aromatic heterocycles. The average Bonchev–Trinajstić information content (AvgIpc) is 3.08. The third-order valence-electron chi connectivity index (χ3n) is 4.75. The first-order chi connectivity index (χ1) is 10.5. The van der Waals surface area contributed by atoms with Crippen LogP contribution < -0.4 is 5.32 Å². The maximum Gasteiger partial charge on any atom is 0.290 e. The van der Waals surface area contributed by atoms with Crippen LogP contribution in [0.4, 0.5) is 0 Å². The molecule has 2 heterocycles. The van der Waals surface area contributed by atoms with Gasteiger partial charge in [0, 0.05) is 30.1 Å². The first kappa shape index (κ1) is 17.8. The quantitative estimate of drug-likeness (QED) is 0.931. The molecule has 1 aliphatic heterocycles. The number of nitrogens with zero attached hydrogens (tertiary/aromatic N) is 1. The van der Waals surface area contributed by atoms with Crippen LogP contribution in [0.3, 0.4) is 0 Å². The number of likely N-dealkylation sites (N-methyl/N-ethyl adjacent to an activating group) is 1. The molecule has 1 atom stereocenters. The van der Waals surface area contributed by atoms with Gasteiger partial charge < -0.3 is 14.6 Å². The van der Waals surface area contributed by atoms with E-state index in [1.807, 2.05) is 25.8 Å². The van der Waals surface area contributed by atoms with Gasteiger partial charge in [-0.1, -0.05) is 12.1 Å². The summed E-state index contributed by atoms with van der Waals surface area (Å²) >= 11 is 0. The number of hydrogen-bond donors (Lipinski definition) is 1. The summed E-state index contributed by atoms with van der Waals surface area (Å²) in [5.74, 6) is 0.542. The van der Waals surface area contributed by atoms with Gasteiger partial charge in [0.2, 0.25) is 0 Å². The number of halogens is 1. The fourth-order valence-electron chi connectivity index (χ4n) is 3.56. The van der Waals surface area contributed by atoms with E-state index in [2.05, 4.69) is 24.4 Å². The molecule has 0 spiro atoms. The van der Waals surface area contributed by atoms with Crippen LogP contribution in [-0.2, 0) is 0 Å². The topological polar surface area (TPSA) is 45.5 Å². The summed E-state index contributed by atoms with van der Waals surface area (Å²) in [4.78, 5) is 14.9. The SMILES string of the molecule is CNCC1CCCN1C(=O)c1oc2c(C)ccc(C)c2c1C.Cl. The van der Waals surface area contributed by atoms with Crippen molar-refractivity contribution in [1.82, 2.24) is 10.2 Å². The van der Waals surface area contributed by atoms with E-state index >= 15 is 0 Å². The third kappa shape index (κ3) is 2.98. The number of likely N-dealkylation sites (tertiary alicyclic amines) is 1. The Morgan fingerprint density at radius 1 is 1.30 bits per heavy atom. The largest absolute Gasteiger partial charge is 0.450 e. The number of aryl methyl sites for hydroxylation is 3. The van der Waals surface area contributed by atoms with Crippen molar-refractivity contribution in [2.24, 2.45) is 0 Å². The number of nitrogens with one attached hydrogen (secondary N) is 1. The van der Waals surface area contributed by atoms with Crippen molar-refractivity contribution in [3.05, 3.63) is 34.6 Å². The minimum atomic E-state index is 0. The van der Waals surface area contributed by atoms with Gasteiger partial charge >= 0.3 is 0 Å². The number of furan rings is 1. The number of carbonyl (C=O) groups excluding carboxylic acids is 1. The Hall–Kier alpha value is -1.52. The molecule has 3 rings (SSSR count). The minimum Gasteiger partial charge on any atom is -0.450 e. The number of carbonyl (C=O) groups is 1. The zero-order valence-electron chi connectivity index (χ0n) is 14.2. The van der Waals surface area contributed by atoms with Crippen molar-refractivity contribution in [3.63, 3.8) is 0 Å². The van der Waals surface area contributed by atoms with E-state index in [0.29, 0.717) is 5.76 Å². The fourth-order valence-corrected chi connectivity index (χ4v) is 3.56. The Bertz CT molecular complexity index is 723. The van der Waals surface area contributed by atoms with Gasteiger partial charge in [0.15, 0.2) is 5.76 Å². The number of rotatable bonds is 3. The maximum absolute atomic E-state index is 12.9. The van der Waals surface area contributed by atoms with E-state index in [4.69, 9.17) is 4.42 Å². The lowest BCUT2D eigenvalue weighted by atomic mass is 10.0. The molecule has 1 aromatic carbocycles. The van der Waals surface area contributed by atoms with E-state index < -0.39 is 0 Å². The molecular formula is C18H25ClN2O2. The number of hydrogen-bond acceptors (Lipinski definition) is 3. The van der Waals surface area contributed by atoms with E-state index in [0.717, 1.165) is 53.6 Å². The summed E-state index contributed by atoms with van der Waals surface area (Å²) in [6.45, 7) is 7.74. The van der Waals surface area contributed by atoms with Crippen molar-refractivity contribution in [1.29, 1.82) is 0 Å². The zero-order chi connectivity index (χ0) is 15.9. The lowest BCUT2D eigenvalue weighted by molar-refractivity contribution is 0.0706. The summed E-state index contributed by atoms with van der Waals surface area (Å²) in [5, 5.41) is 4.27. The maximum atomic E-state index is 12.9. The molecule has 0 aliphatic carbocycles. The van der Waals surface area contributed by atoms with Gasteiger partial charge in [0.05, 0.1) is 0 Å². The van der Waals surface area contributed by atoms with Crippen molar-refractivity contribution < 1.29 is 9.21 Å². The van der Waals surface area contributed by atoms with Gasteiger partial charge in [0.1, 0.15) is 5.58 Å². The molecule has 5 heteroatoms. The van der Waals surface area contributed by atoms with Gasteiger partial charge in [0.25, 0.3) is 5.91 Å². The van der Waals surface area contributed by atoms with Gasteiger partial charge in [-0.25, -0.2) is 0 Å². The minimum absolute atomic E-state index is 0. The average molecular weight is 337 g/mol. The molecule has 4 nitrogen and oxygen atoms in total. The van der Waals surface area contributed by atoms with Crippen molar-refractivity contribution in [2.75, 3.05) is 20.1 Å². The summed E-state index contributed by atoms with van der Waals surface area (Å²) in [5.41, 5.74) is 4.06. The van der Waals surface area contributed by atoms with Crippen LogP contribution in [0.1, 0.15) is 40.1 Å². The van der Waals surface area contributed by atoms with Crippen LogP contribution in [-0.4, -0.2) is 37.0 Å². The lowest BCUT2D eigenvalue weighted by Gasteiger charge is -2.23. The molecule has 1 amide bonds. The van der Waals surface area contributed by atoms with Crippen LogP contribution in [0.5, 0.6) is 0 Å². The fraction of sp³-hybridized carbons (Fsp3) is 0.500. The van der Waals surface area contributed by atoms with Crippen molar-refractivity contribution >= 4 is 29.3 Å². The molecule has 0 radical (unpaired) electrons. The summed E-state index contributed by atoms with van der Waals surface area (Å²) in [7, 11) is 1.93. The molecule has 0 bridgehead atoms. The van der Waals surface area contributed by atoms with Gasteiger partial charge in [-0.2, -0.15) is 0 Å². The molecular weight excluding hydrogens is 312 g/mol. The van der Waals surface area contributed by atoms with Crippen LogP contribution in [0.25, 0.3) is 11.0 Å². The molecule has 126 valence electrons. The van der Waals surface area contributed by atoms with E-state index in [-0.39, 0.29) is 24.4 Å². The Balaban J connectivity index is 0.00000192. The predicted octanol–water partition coefficient (Wildman–Crippen LogP) is 3.60. The molecule has 1 saturated heterocycles. The first-order valence-electron chi connectivity index (χ1n) is 7.99. The van der Waals surface area contributed by atoms with Gasteiger partial charge in [-0.3, -0.25) is 4.79 Å². The summed E-state index contributed by atoms with van der Waals surface area (Å²) in [6, 6.07) is 4.41. The van der Waals surface area contributed by atoms with Gasteiger partial charge in [-0.15, -0.1) is 12.4 Å². The van der Waals surface area contributed by atoms with Crippen LogP contribution in [0.15, 0.2) is 16.5 Å². The molecule has 0 saturated carbocycles. The molecule has 23 heavy (non-hydrogen) atoms. The molecule has 1 aliphatic rings. The lowest BCUT2D eigenvalue weighted by Crippen LogP contribution is -2.40. The predicted molar refractivity (Wildman–Crippen MR) is 95.7 cm³/mol. The Morgan fingerprint density at radius 3 is 2.65 bits per heavy atom. The summed E-state index contributed by atoms with van der Waals surface area (Å²) < 4.78 is 6.00. The van der Waals surface area contributed by atoms with Crippen LogP contribution in [0, 0.1) is 20.8 Å². The monoisotopic (exact) mass is 336 g/mol. The summed E-state index contributed by atoms with van der Waals surface area (Å²) in [6.07, 6.45) is 2.12. The molecule has 1 fully saturated rings. The van der Waals surface area contributed by atoms with E-state index in [1.54, 1.807) is 0 Å². The Labute approximate surface area is 143 Å². The number of amides is 1. The highest BCUT2D eigenvalue weighted by Gasteiger charge is 2.32. The molecule has 1 unspecified atom stereocenters. The Morgan fingerprint density at radius 2 is 2.00 bits per heavy atom. The van der Waals surface area contributed by atoms with Crippen LogP contribution >= 0.6 is 12.4 Å². The standard InChI is InChI=1S/C18H24N2O2.ClH/c1-11-7-8-12(2)16-15(11)13(3)17(22-16)18(21)20-9-5-6-14(20)10-19-4;/h7-8,14,19H,5-6,9-10H2,1-4H3;1H. The van der Waals surface area contributed by atoms with Crippen LogP contribution in [0.2, 0.25) is 0 Å². The highest BCUT2D eigenvalue weighted by Crippen LogP contribution is 2.32. The smallest absolute Gasteiger partial charge is 0.290 e. The highest BCUT2D eigenvalue weighted by molar-refractivity contribution is 6.00. The van der Waals surface area contributed by atoms with Crippen molar-refractivity contribution in [2.45, 2.75) is 39.7 Å². The molecule has 1 N–H and O–H groups in total. The number of fused-ring (bicyclic) bond motifs is 1.